The van der Waals surface area contributed by atoms with Gasteiger partial charge in [-0.05, 0) is 53.6 Å². The summed E-state index contributed by atoms with van der Waals surface area (Å²) in [7, 11) is 0. The molecule has 0 saturated carbocycles. The quantitative estimate of drug-likeness (QED) is 0.365. The number of nitrogens with one attached hydrogen (secondary N) is 1. The zero-order valence-electron chi connectivity index (χ0n) is 15.5. The molecule has 0 aliphatic rings. The number of carbonyl (C=O) groups is 1. The minimum Gasteiger partial charge on any atom is -0.482 e. The van der Waals surface area contributed by atoms with Crippen molar-refractivity contribution >= 4 is 46.4 Å². The number of halogens is 3. The van der Waals surface area contributed by atoms with E-state index in [9.17, 15) is 14.4 Å². The molecule has 0 bridgehead atoms. The minimum atomic E-state index is -0.533. The largest absolute Gasteiger partial charge is 0.482 e. The van der Waals surface area contributed by atoms with E-state index in [2.05, 4.69) is 11.4 Å². The van der Waals surface area contributed by atoms with Crippen LogP contribution in [0.15, 0.2) is 66.7 Å². The molecular formula is C23H15Cl2FN2O2. The maximum atomic E-state index is 13.6. The fraction of sp³-hybridized carbons (Fsp3) is 0.0435. The highest BCUT2D eigenvalue weighted by atomic mass is 35.5. The molecule has 0 unspecified atom stereocenters. The van der Waals surface area contributed by atoms with Crippen LogP contribution in [0, 0.1) is 17.1 Å². The fourth-order valence-corrected chi connectivity index (χ4v) is 2.96. The number of benzene rings is 3. The lowest BCUT2D eigenvalue weighted by Crippen LogP contribution is -2.20. The van der Waals surface area contributed by atoms with E-state index >= 15 is 0 Å². The summed E-state index contributed by atoms with van der Waals surface area (Å²) in [5, 5.41) is 12.7. The second kappa shape index (κ2) is 9.93. The predicted octanol–water partition coefficient (Wildman–Crippen LogP) is 6.21. The molecule has 0 fully saturated rings. The van der Waals surface area contributed by atoms with Crippen molar-refractivity contribution < 1.29 is 13.9 Å². The van der Waals surface area contributed by atoms with Gasteiger partial charge in [0.25, 0.3) is 5.91 Å². The topological polar surface area (TPSA) is 62.1 Å². The first-order valence-corrected chi connectivity index (χ1v) is 9.56. The Morgan fingerprint density at radius 3 is 2.50 bits per heavy atom. The summed E-state index contributed by atoms with van der Waals surface area (Å²) in [6, 6.07) is 19.9. The van der Waals surface area contributed by atoms with Crippen LogP contribution in [0.3, 0.4) is 0 Å². The molecule has 3 rings (SSSR count). The van der Waals surface area contributed by atoms with Crippen LogP contribution in [0.4, 0.5) is 10.1 Å². The average molecular weight is 441 g/mol. The number of para-hydroxylation sites is 1. The van der Waals surface area contributed by atoms with E-state index in [4.69, 9.17) is 27.9 Å². The van der Waals surface area contributed by atoms with Gasteiger partial charge in [0.05, 0.1) is 22.4 Å². The fourth-order valence-electron chi connectivity index (χ4n) is 2.59. The Labute approximate surface area is 183 Å². The monoisotopic (exact) mass is 440 g/mol. The Balaban J connectivity index is 1.67. The number of amides is 1. The summed E-state index contributed by atoms with van der Waals surface area (Å²) in [4.78, 5) is 12.0. The van der Waals surface area contributed by atoms with Crippen molar-refractivity contribution in [2.24, 2.45) is 0 Å². The summed E-state index contributed by atoms with van der Waals surface area (Å²) in [5.74, 6) is -0.758. The summed E-state index contributed by atoms with van der Waals surface area (Å²) in [6.07, 6.45) is 1.68. The molecule has 3 aromatic carbocycles. The first-order chi connectivity index (χ1) is 14.5. The minimum absolute atomic E-state index is 0.0731. The number of ether oxygens (including phenoxy) is 1. The molecule has 0 heterocycles. The number of rotatable bonds is 6. The van der Waals surface area contributed by atoms with Crippen molar-refractivity contribution in [1.82, 2.24) is 0 Å². The molecule has 1 amide bonds. The van der Waals surface area contributed by atoms with Gasteiger partial charge in [-0.3, -0.25) is 4.79 Å². The number of anilines is 1. The van der Waals surface area contributed by atoms with Crippen molar-refractivity contribution in [3.63, 3.8) is 0 Å². The van der Waals surface area contributed by atoms with Crippen molar-refractivity contribution in [1.29, 1.82) is 5.26 Å². The van der Waals surface area contributed by atoms with Gasteiger partial charge < -0.3 is 10.1 Å². The van der Waals surface area contributed by atoms with E-state index in [-0.39, 0.29) is 17.3 Å². The SMILES string of the molecule is N#C/C(=C/c1ccc(OCC(=O)Nc2ccccc2F)c(Cl)c1)c1ccc(Cl)cc1. The van der Waals surface area contributed by atoms with Crippen LogP contribution >= 0.6 is 23.2 Å². The number of nitriles is 1. The molecule has 150 valence electrons. The van der Waals surface area contributed by atoms with Gasteiger partial charge in [0, 0.05) is 5.02 Å². The molecule has 0 atom stereocenters. The van der Waals surface area contributed by atoms with Gasteiger partial charge in [0.15, 0.2) is 6.61 Å². The summed E-state index contributed by atoms with van der Waals surface area (Å²) >= 11 is 12.1. The highest BCUT2D eigenvalue weighted by molar-refractivity contribution is 6.32. The number of hydrogen-bond donors (Lipinski definition) is 1. The number of hydrogen-bond acceptors (Lipinski definition) is 3. The van der Waals surface area contributed by atoms with Crippen LogP contribution in [0.5, 0.6) is 5.75 Å². The first kappa shape index (κ1) is 21.4. The van der Waals surface area contributed by atoms with Crippen molar-refractivity contribution in [2.75, 3.05) is 11.9 Å². The van der Waals surface area contributed by atoms with Gasteiger partial charge in [-0.2, -0.15) is 5.26 Å². The molecular weight excluding hydrogens is 426 g/mol. The zero-order chi connectivity index (χ0) is 21.5. The Morgan fingerprint density at radius 2 is 1.83 bits per heavy atom. The molecule has 30 heavy (non-hydrogen) atoms. The predicted molar refractivity (Wildman–Crippen MR) is 117 cm³/mol. The van der Waals surface area contributed by atoms with Crippen molar-refractivity contribution in [3.8, 4) is 11.8 Å². The second-order valence-corrected chi connectivity index (χ2v) is 7.03. The molecule has 0 radical (unpaired) electrons. The molecule has 4 nitrogen and oxygen atoms in total. The maximum Gasteiger partial charge on any atom is 0.262 e. The Hall–Kier alpha value is -3.33. The van der Waals surface area contributed by atoms with E-state index < -0.39 is 11.7 Å². The van der Waals surface area contributed by atoms with E-state index in [1.807, 2.05) is 0 Å². The molecule has 0 aromatic heterocycles. The molecule has 0 saturated heterocycles. The first-order valence-electron chi connectivity index (χ1n) is 8.81. The number of carbonyl (C=O) groups excluding carboxylic acids is 1. The van der Waals surface area contributed by atoms with E-state index in [0.29, 0.717) is 21.9 Å². The smallest absolute Gasteiger partial charge is 0.262 e. The maximum absolute atomic E-state index is 13.6. The van der Waals surface area contributed by atoms with Gasteiger partial charge in [-0.1, -0.05) is 53.5 Å². The van der Waals surface area contributed by atoms with Crippen LogP contribution in [0.2, 0.25) is 10.0 Å². The highest BCUT2D eigenvalue weighted by Gasteiger charge is 2.10. The van der Waals surface area contributed by atoms with E-state index in [1.165, 1.54) is 18.2 Å². The van der Waals surface area contributed by atoms with Crippen LogP contribution < -0.4 is 10.1 Å². The third kappa shape index (κ3) is 5.60. The average Bonchev–Trinajstić information content (AvgIpc) is 2.74. The standard InChI is InChI=1S/C23H15Cl2FN2O2/c24-18-8-6-16(7-9-18)17(13-27)11-15-5-10-22(19(25)12-15)30-14-23(29)28-21-4-2-1-3-20(21)26/h1-12H,14H2,(H,28,29)/b17-11-. The Bertz CT molecular complexity index is 1140. The molecule has 0 aliphatic carbocycles. The highest BCUT2D eigenvalue weighted by Crippen LogP contribution is 2.28. The van der Waals surface area contributed by atoms with E-state index in [1.54, 1.807) is 54.6 Å². The Morgan fingerprint density at radius 1 is 1.10 bits per heavy atom. The van der Waals surface area contributed by atoms with Gasteiger partial charge in [0.1, 0.15) is 11.6 Å². The van der Waals surface area contributed by atoms with Gasteiger partial charge in [0.2, 0.25) is 0 Å². The normalized spacial score (nSPS) is 10.9. The van der Waals surface area contributed by atoms with Crippen LogP contribution in [0.25, 0.3) is 11.6 Å². The van der Waals surface area contributed by atoms with Crippen molar-refractivity contribution in [3.05, 3.63) is 93.7 Å². The van der Waals surface area contributed by atoms with Crippen molar-refractivity contribution in [2.45, 2.75) is 0 Å². The van der Waals surface area contributed by atoms with Crippen LogP contribution in [0.1, 0.15) is 11.1 Å². The third-order valence-electron chi connectivity index (χ3n) is 4.05. The Kier molecular flexibility index (Phi) is 7.08. The molecule has 0 spiro atoms. The van der Waals surface area contributed by atoms with Gasteiger partial charge in [-0.25, -0.2) is 4.39 Å². The zero-order valence-corrected chi connectivity index (χ0v) is 17.0. The van der Waals surface area contributed by atoms with Gasteiger partial charge >= 0.3 is 0 Å². The second-order valence-electron chi connectivity index (χ2n) is 6.18. The summed E-state index contributed by atoms with van der Waals surface area (Å²) in [5.41, 5.74) is 1.93. The lowest BCUT2D eigenvalue weighted by molar-refractivity contribution is -0.118. The number of allylic oxidation sites excluding steroid dienone is 1. The molecule has 3 aromatic rings. The van der Waals surface area contributed by atoms with Gasteiger partial charge in [-0.15, -0.1) is 0 Å². The third-order valence-corrected chi connectivity index (χ3v) is 4.60. The van der Waals surface area contributed by atoms with E-state index in [0.717, 1.165) is 5.56 Å². The number of nitrogens with zero attached hydrogens (tertiary/aromatic N) is 1. The molecule has 7 heteroatoms. The van der Waals surface area contributed by atoms with Crippen LogP contribution in [-0.2, 0) is 4.79 Å². The lowest BCUT2D eigenvalue weighted by Gasteiger charge is -2.10. The molecule has 0 aliphatic heterocycles. The lowest BCUT2D eigenvalue weighted by atomic mass is 10.0. The van der Waals surface area contributed by atoms with Crippen LogP contribution in [-0.4, -0.2) is 12.5 Å². The molecule has 1 N–H and O–H groups in total. The summed E-state index contributed by atoms with van der Waals surface area (Å²) in [6.45, 7) is -0.336. The summed E-state index contributed by atoms with van der Waals surface area (Å²) < 4.78 is 19.0.